The molecule has 1 N–H and O–H groups in total. The number of thiocarbonyl (C=S) groups is 1. The van der Waals surface area contributed by atoms with E-state index < -0.39 is 34.7 Å². The van der Waals surface area contributed by atoms with E-state index in [1.807, 2.05) is 24.3 Å². The lowest BCUT2D eigenvalue weighted by atomic mass is 10.0. The van der Waals surface area contributed by atoms with Gasteiger partial charge in [0.25, 0.3) is 5.91 Å². The maximum absolute atomic E-state index is 13.5. The van der Waals surface area contributed by atoms with Crippen LogP contribution in [-0.2, 0) is 22.2 Å². The minimum absolute atomic E-state index is 0.0211. The number of nitrogens with zero attached hydrogens (tertiary/aromatic N) is 3. The number of carbonyl (C=O) groups excluding carboxylic acids is 1. The molecule has 0 radical (unpaired) electrons. The predicted molar refractivity (Wildman–Crippen MR) is 139 cm³/mol. The average Bonchev–Trinajstić information content (AvgIpc) is 3.02. The van der Waals surface area contributed by atoms with Gasteiger partial charge in [-0.3, -0.25) is 14.5 Å². The van der Waals surface area contributed by atoms with Crippen molar-refractivity contribution in [3.63, 3.8) is 0 Å². The van der Waals surface area contributed by atoms with Crippen molar-refractivity contribution in [3.05, 3.63) is 59.2 Å². The molecule has 7 nitrogen and oxygen atoms in total. The van der Waals surface area contributed by atoms with Gasteiger partial charge in [0.2, 0.25) is 0 Å². The van der Waals surface area contributed by atoms with Crippen LogP contribution in [0.5, 0.6) is 5.75 Å². The summed E-state index contributed by atoms with van der Waals surface area (Å²) in [6, 6.07) is 12.2. The molecule has 1 saturated heterocycles. The third kappa shape index (κ3) is 6.61. The molecule has 0 unspecified atom stereocenters. The number of aliphatic carboxylic acids is 1. The largest absolute Gasteiger partial charge is 0.494 e. The van der Waals surface area contributed by atoms with Crippen molar-refractivity contribution in [3.8, 4) is 11.8 Å². The number of hydrogen-bond donors (Lipinski definition) is 1. The number of halogens is 3. The fourth-order valence-corrected chi connectivity index (χ4v) is 4.71. The minimum atomic E-state index is -4.74. The molecular formula is C27H28F3N3O4S. The Balaban J connectivity index is 1.59. The number of carbonyl (C=O) groups is 2. The lowest BCUT2D eigenvalue weighted by Gasteiger charge is -2.29. The van der Waals surface area contributed by atoms with Crippen LogP contribution in [0.2, 0.25) is 0 Å². The Kier molecular flexibility index (Phi) is 8.99. The number of alkyl halides is 3. The Morgan fingerprint density at radius 1 is 1.13 bits per heavy atom. The van der Waals surface area contributed by atoms with Gasteiger partial charge in [-0.2, -0.15) is 18.4 Å². The van der Waals surface area contributed by atoms with Gasteiger partial charge in [-0.05, 0) is 87.6 Å². The number of unbranched alkanes of at least 4 members (excludes halogenated alkanes) is 1. The molecule has 202 valence electrons. The van der Waals surface area contributed by atoms with Crippen molar-refractivity contribution in [2.24, 2.45) is 0 Å². The predicted octanol–water partition coefficient (Wildman–Crippen LogP) is 5.56. The first-order valence-electron chi connectivity index (χ1n) is 12.1. The standard InChI is InChI=1S/C27H28F3N3O4S/c1-26(2)24(36)33(20-11-10-19(17-31)22(16-20)27(28,29)30)25(38)32(26)14-4-3-6-18-8-12-21(13-9-18)37-15-5-7-23(34)35/h8-13,16H,3-7,14-15H2,1-2H3,(H,34,35). The molecule has 2 aromatic carbocycles. The molecule has 11 heteroatoms. The number of rotatable bonds is 11. The summed E-state index contributed by atoms with van der Waals surface area (Å²) >= 11 is 5.52. The van der Waals surface area contributed by atoms with Crippen LogP contribution < -0.4 is 9.64 Å². The molecule has 0 saturated carbocycles. The Morgan fingerprint density at radius 2 is 1.82 bits per heavy atom. The van der Waals surface area contributed by atoms with Gasteiger partial charge in [0, 0.05) is 13.0 Å². The van der Waals surface area contributed by atoms with Crippen molar-refractivity contribution in [1.82, 2.24) is 4.90 Å². The first kappa shape index (κ1) is 28.9. The van der Waals surface area contributed by atoms with Gasteiger partial charge in [-0.25, -0.2) is 0 Å². The summed E-state index contributed by atoms with van der Waals surface area (Å²) in [6.07, 6.45) is -2.01. The van der Waals surface area contributed by atoms with Crippen LogP contribution in [0.4, 0.5) is 18.9 Å². The topological polar surface area (TPSA) is 93.9 Å². The van der Waals surface area contributed by atoms with Crippen molar-refractivity contribution < 1.29 is 32.6 Å². The number of amides is 1. The third-order valence-corrected chi connectivity index (χ3v) is 6.74. The van der Waals surface area contributed by atoms with Crippen LogP contribution in [0.3, 0.4) is 0 Å². The molecule has 1 amide bonds. The zero-order valence-corrected chi connectivity index (χ0v) is 21.9. The molecule has 0 aromatic heterocycles. The fraction of sp³-hybridized carbons (Fsp3) is 0.407. The summed E-state index contributed by atoms with van der Waals surface area (Å²) in [7, 11) is 0. The van der Waals surface area contributed by atoms with Gasteiger partial charge >= 0.3 is 12.1 Å². The zero-order valence-electron chi connectivity index (χ0n) is 21.0. The molecule has 0 aliphatic carbocycles. The van der Waals surface area contributed by atoms with E-state index in [1.54, 1.807) is 24.8 Å². The van der Waals surface area contributed by atoms with Crippen molar-refractivity contribution in [1.29, 1.82) is 5.26 Å². The SMILES string of the molecule is CC1(C)C(=O)N(c2ccc(C#N)c(C(F)(F)F)c2)C(=S)N1CCCCc1ccc(OCCCC(=O)O)cc1. The number of carboxylic acid groups (broad SMARTS) is 1. The van der Waals surface area contributed by atoms with Gasteiger partial charge in [-0.1, -0.05) is 12.1 Å². The van der Waals surface area contributed by atoms with E-state index in [4.69, 9.17) is 27.3 Å². The summed E-state index contributed by atoms with van der Waals surface area (Å²) < 4.78 is 45.9. The number of hydrogen-bond acceptors (Lipinski definition) is 5. The van der Waals surface area contributed by atoms with Crippen molar-refractivity contribution >= 4 is 34.9 Å². The fourth-order valence-electron chi connectivity index (χ4n) is 4.21. The first-order valence-corrected chi connectivity index (χ1v) is 12.5. The smallest absolute Gasteiger partial charge is 0.417 e. The number of anilines is 1. The summed E-state index contributed by atoms with van der Waals surface area (Å²) in [4.78, 5) is 26.6. The van der Waals surface area contributed by atoms with Crippen LogP contribution in [0.25, 0.3) is 0 Å². The van der Waals surface area contributed by atoms with Crippen LogP contribution >= 0.6 is 12.2 Å². The van der Waals surface area contributed by atoms with Gasteiger partial charge in [0.1, 0.15) is 11.3 Å². The highest BCUT2D eigenvalue weighted by molar-refractivity contribution is 7.80. The molecule has 0 spiro atoms. The van der Waals surface area contributed by atoms with E-state index in [-0.39, 0.29) is 17.2 Å². The molecular weight excluding hydrogens is 519 g/mol. The highest BCUT2D eigenvalue weighted by atomic mass is 32.1. The molecule has 3 rings (SSSR count). The highest BCUT2D eigenvalue weighted by Crippen LogP contribution is 2.38. The molecule has 1 heterocycles. The lowest BCUT2D eigenvalue weighted by molar-refractivity contribution is -0.138. The lowest BCUT2D eigenvalue weighted by Crippen LogP contribution is -2.44. The van der Waals surface area contributed by atoms with Gasteiger partial charge < -0.3 is 14.7 Å². The van der Waals surface area contributed by atoms with Gasteiger partial charge in [-0.15, -0.1) is 0 Å². The van der Waals surface area contributed by atoms with E-state index in [0.717, 1.165) is 35.4 Å². The normalized spacial score (nSPS) is 15.1. The highest BCUT2D eigenvalue weighted by Gasteiger charge is 2.49. The van der Waals surface area contributed by atoms with E-state index in [2.05, 4.69) is 0 Å². The van der Waals surface area contributed by atoms with E-state index in [9.17, 15) is 22.8 Å². The number of carboxylic acids is 1. The van der Waals surface area contributed by atoms with Crippen LogP contribution in [0.15, 0.2) is 42.5 Å². The third-order valence-electron chi connectivity index (χ3n) is 6.33. The maximum atomic E-state index is 13.5. The van der Waals surface area contributed by atoms with Crippen LogP contribution in [0, 0.1) is 11.3 Å². The molecule has 38 heavy (non-hydrogen) atoms. The maximum Gasteiger partial charge on any atom is 0.417 e. The molecule has 1 aliphatic rings. The van der Waals surface area contributed by atoms with Crippen LogP contribution in [-0.4, -0.2) is 45.7 Å². The second kappa shape index (κ2) is 11.8. The number of aryl methyl sites for hydroxylation is 1. The van der Waals surface area contributed by atoms with Crippen LogP contribution in [0.1, 0.15) is 56.2 Å². The summed E-state index contributed by atoms with van der Waals surface area (Å²) in [6.45, 7) is 4.14. The molecule has 2 aromatic rings. The Morgan fingerprint density at radius 3 is 2.42 bits per heavy atom. The van der Waals surface area contributed by atoms with Crippen molar-refractivity contribution in [2.75, 3.05) is 18.1 Å². The molecule has 1 fully saturated rings. The molecule has 0 bridgehead atoms. The second-order valence-electron chi connectivity index (χ2n) is 9.42. The Hall–Kier alpha value is -3.65. The van der Waals surface area contributed by atoms with E-state index in [0.29, 0.717) is 31.7 Å². The quantitative estimate of drug-likeness (QED) is 0.291. The van der Waals surface area contributed by atoms with Gasteiger partial charge in [0.05, 0.1) is 29.5 Å². The van der Waals surface area contributed by atoms with E-state index in [1.165, 1.54) is 6.07 Å². The monoisotopic (exact) mass is 547 g/mol. The molecule has 1 aliphatic heterocycles. The average molecular weight is 548 g/mol. The number of ether oxygens (including phenoxy) is 1. The van der Waals surface area contributed by atoms with Gasteiger partial charge in [0.15, 0.2) is 5.11 Å². The van der Waals surface area contributed by atoms with Crippen molar-refractivity contribution in [2.45, 2.75) is 57.7 Å². The Bertz CT molecular complexity index is 1240. The number of nitriles is 1. The second-order valence-corrected chi connectivity index (χ2v) is 9.79. The van der Waals surface area contributed by atoms with E-state index >= 15 is 0 Å². The summed E-state index contributed by atoms with van der Waals surface area (Å²) in [5.74, 6) is -0.624. The summed E-state index contributed by atoms with van der Waals surface area (Å²) in [5, 5.41) is 17.8. The minimum Gasteiger partial charge on any atom is -0.494 e. The number of benzene rings is 2. The first-order chi connectivity index (χ1) is 17.9. The molecule has 0 atom stereocenters. The Labute approximate surface area is 224 Å². The summed E-state index contributed by atoms with van der Waals surface area (Å²) in [5.41, 5.74) is -1.61. The zero-order chi connectivity index (χ0) is 28.1.